The Kier molecular flexibility index (Phi) is 2.75. The molecule has 1 heterocycles. The van der Waals surface area contributed by atoms with Gasteiger partial charge in [0.2, 0.25) is 0 Å². The Bertz CT molecular complexity index is 211. The summed E-state index contributed by atoms with van der Waals surface area (Å²) in [5.41, 5.74) is 0.574. The largest absolute Gasteiger partial charge is 0.243 e. The third-order valence-electron chi connectivity index (χ3n) is 3.60. The zero-order valence-corrected chi connectivity index (χ0v) is 9.24. The van der Waals surface area contributed by atoms with E-state index in [4.69, 9.17) is 0 Å². The average molecular weight is 201 g/mol. The molecule has 0 amide bonds. The van der Waals surface area contributed by atoms with Crippen LogP contribution in [0, 0.1) is 5.41 Å². The summed E-state index contributed by atoms with van der Waals surface area (Å²) in [5, 5.41) is 0. The minimum Gasteiger partial charge on any atom is -0.243 e. The summed E-state index contributed by atoms with van der Waals surface area (Å²) >= 11 is 0. The summed E-state index contributed by atoms with van der Waals surface area (Å²) in [4.78, 5) is 0. The van der Waals surface area contributed by atoms with Gasteiger partial charge in [0, 0.05) is 18.8 Å². The quantitative estimate of drug-likeness (QED) is 0.668. The minimum absolute atomic E-state index is 0.574. The molecule has 2 nitrogen and oxygen atoms in total. The Morgan fingerprint density at radius 1 is 1.31 bits per heavy atom. The maximum Gasteiger partial charge on any atom is 0.0939 e. The molecule has 2 rings (SSSR count). The lowest BCUT2D eigenvalue weighted by Gasteiger charge is -2.22. The van der Waals surface area contributed by atoms with Crippen molar-refractivity contribution in [1.82, 2.24) is 4.31 Å². The highest BCUT2D eigenvalue weighted by molar-refractivity contribution is 7.82. The van der Waals surface area contributed by atoms with Crippen molar-refractivity contribution in [3.8, 4) is 0 Å². The third kappa shape index (κ3) is 1.82. The summed E-state index contributed by atoms with van der Waals surface area (Å²) in [6.45, 7) is 4.18. The van der Waals surface area contributed by atoms with Gasteiger partial charge in [-0.1, -0.05) is 19.8 Å². The van der Waals surface area contributed by atoms with E-state index >= 15 is 0 Å². The lowest BCUT2D eigenvalue weighted by molar-refractivity contribution is 0.317. The van der Waals surface area contributed by atoms with E-state index in [0.29, 0.717) is 5.41 Å². The van der Waals surface area contributed by atoms with Crippen LogP contribution in [-0.4, -0.2) is 27.4 Å². The van der Waals surface area contributed by atoms with Crippen LogP contribution in [0.2, 0.25) is 0 Å². The molecular weight excluding hydrogens is 182 g/mol. The summed E-state index contributed by atoms with van der Waals surface area (Å²) < 4.78 is 13.8. The molecule has 0 N–H and O–H groups in total. The molecule has 0 aromatic carbocycles. The lowest BCUT2D eigenvalue weighted by Crippen LogP contribution is -2.27. The van der Waals surface area contributed by atoms with Gasteiger partial charge in [0.15, 0.2) is 0 Å². The monoisotopic (exact) mass is 201 g/mol. The van der Waals surface area contributed by atoms with Gasteiger partial charge in [-0.3, -0.25) is 0 Å². The van der Waals surface area contributed by atoms with Crippen LogP contribution in [0.3, 0.4) is 0 Å². The van der Waals surface area contributed by atoms with Crippen LogP contribution in [0.1, 0.15) is 39.0 Å². The molecule has 0 aromatic heterocycles. The van der Waals surface area contributed by atoms with Gasteiger partial charge >= 0.3 is 0 Å². The molecule has 3 heteroatoms. The Hall–Kier alpha value is 0.110. The Balaban J connectivity index is 1.96. The molecule has 1 saturated carbocycles. The molecule has 1 aliphatic carbocycles. The van der Waals surface area contributed by atoms with E-state index in [9.17, 15) is 4.21 Å². The number of hydrogen-bond acceptors (Lipinski definition) is 1. The van der Waals surface area contributed by atoms with Gasteiger partial charge in [0.25, 0.3) is 0 Å². The second kappa shape index (κ2) is 3.70. The van der Waals surface area contributed by atoms with Crippen LogP contribution >= 0.6 is 0 Å². The van der Waals surface area contributed by atoms with Crippen LogP contribution in [0.15, 0.2) is 0 Å². The van der Waals surface area contributed by atoms with Crippen molar-refractivity contribution in [1.29, 1.82) is 0 Å². The molecule has 0 radical (unpaired) electrons. The van der Waals surface area contributed by atoms with Crippen molar-refractivity contribution in [2.24, 2.45) is 5.41 Å². The molecule has 1 spiro atoms. The van der Waals surface area contributed by atoms with Crippen molar-refractivity contribution in [2.75, 3.05) is 18.8 Å². The number of nitrogens with zero attached hydrogens (tertiary/aromatic N) is 1. The van der Waals surface area contributed by atoms with Crippen molar-refractivity contribution >= 4 is 11.0 Å². The van der Waals surface area contributed by atoms with Gasteiger partial charge in [-0.15, -0.1) is 0 Å². The Morgan fingerprint density at radius 2 is 2.00 bits per heavy atom. The van der Waals surface area contributed by atoms with E-state index in [1.165, 1.54) is 32.1 Å². The lowest BCUT2D eigenvalue weighted by atomic mass is 9.86. The van der Waals surface area contributed by atoms with Crippen LogP contribution < -0.4 is 0 Å². The zero-order valence-electron chi connectivity index (χ0n) is 8.42. The molecule has 0 bridgehead atoms. The maximum absolute atomic E-state index is 11.6. The van der Waals surface area contributed by atoms with E-state index in [1.807, 2.05) is 6.92 Å². The van der Waals surface area contributed by atoms with Gasteiger partial charge in [-0.05, 0) is 24.7 Å². The minimum atomic E-state index is -0.691. The van der Waals surface area contributed by atoms with E-state index in [1.54, 1.807) is 0 Å². The summed E-state index contributed by atoms with van der Waals surface area (Å²) in [7, 11) is -0.691. The topological polar surface area (TPSA) is 20.3 Å². The van der Waals surface area contributed by atoms with E-state index in [2.05, 4.69) is 4.31 Å². The molecule has 0 aromatic rings. The van der Waals surface area contributed by atoms with Gasteiger partial charge in [-0.2, -0.15) is 0 Å². The van der Waals surface area contributed by atoms with Crippen LogP contribution in [0.25, 0.3) is 0 Å². The Labute approximate surface area is 83.3 Å². The van der Waals surface area contributed by atoms with Gasteiger partial charge < -0.3 is 0 Å². The molecular formula is C10H19NOS. The average Bonchev–Trinajstić information content (AvgIpc) is 2.76. The third-order valence-corrected chi connectivity index (χ3v) is 4.98. The predicted octanol–water partition coefficient (Wildman–Crippen LogP) is 1.94. The number of rotatable bonds is 2. The molecule has 76 valence electrons. The molecule has 2 fully saturated rings. The fourth-order valence-electron chi connectivity index (χ4n) is 2.78. The fourth-order valence-corrected chi connectivity index (χ4v) is 3.86. The van der Waals surface area contributed by atoms with Gasteiger partial charge in [-0.25, -0.2) is 8.51 Å². The van der Waals surface area contributed by atoms with Crippen molar-refractivity contribution in [3.05, 3.63) is 0 Å². The van der Waals surface area contributed by atoms with Gasteiger partial charge in [0.1, 0.15) is 0 Å². The van der Waals surface area contributed by atoms with Crippen molar-refractivity contribution in [2.45, 2.75) is 39.0 Å². The van der Waals surface area contributed by atoms with Crippen LogP contribution in [-0.2, 0) is 11.0 Å². The summed E-state index contributed by atoms with van der Waals surface area (Å²) in [6, 6.07) is 0. The van der Waals surface area contributed by atoms with Crippen LogP contribution in [0.5, 0.6) is 0 Å². The van der Waals surface area contributed by atoms with E-state index in [0.717, 1.165) is 18.8 Å². The highest BCUT2D eigenvalue weighted by Crippen LogP contribution is 2.45. The first kappa shape index (κ1) is 9.66. The van der Waals surface area contributed by atoms with Gasteiger partial charge in [0.05, 0.1) is 11.0 Å². The van der Waals surface area contributed by atoms with E-state index in [-0.39, 0.29) is 0 Å². The smallest absolute Gasteiger partial charge is 0.0939 e. The van der Waals surface area contributed by atoms with Crippen LogP contribution in [0.4, 0.5) is 0 Å². The highest BCUT2D eigenvalue weighted by atomic mass is 32.2. The van der Waals surface area contributed by atoms with E-state index < -0.39 is 11.0 Å². The molecule has 1 unspecified atom stereocenters. The fraction of sp³-hybridized carbons (Fsp3) is 1.00. The molecule has 2 aliphatic rings. The Morgan fingerprint density at radius 3 is 2.62 bits per heavy atom. The summed E-state index contributed by atoms with van der Waals surface area (Å²) in [6.07, 6.45) is 6.84. The van der Waals surface area contributed by atoms with Crippen molar-refractivity contribution in [3.63, 3.8) is 0 Å². The summed E-state index contributed by atoms with van der Waals surface area (Å²) in [5.74, 6) is 0.788. The molecule has 1 saturated heterocycles. The second-order valence-corrected chi connectivity index (χ2v) is 6.17. The zero-order chi connectivity index (χ0) is 9.31. The first-order valence-corrected chi connectivity index (χ1v) is 6.67. The van der Waals surface area contributed by atoms with Crippen molar-refractivity contribution < 1.29 is 4.21 Å². The SMILES string of the molecule is CCS(=O)N1CCC2(CCCC2)C1. The predicted molar refractivity (Wildman–Crippen MR) is 55.8 cm³/mol. The molecule has 1 atom stereocenters. The first-order chi connectivity index (χ1) is 6.26. The normalized spacial score (nSPS) is 29.9. The second-order valence-electron chi connectivity index (χ2n) is 4.43. The standard InChI is InChI=1S/C10H19NOS/c1-2-13(12)11-8-7-10(9-11)5-3-4-6-10/h2-9H2,1H3. The molecule has 1 aliphatic heterocycles. The maximum atomic E-state index is 11.6. The number of hydrogen-bond donors (Lipinski definition) is 0. The molecule has 13 heavy (non-hydrogen) atoms. The first-order valence-electron chi connectivity index (χ1n) is 5.39. The highest BCUT2D eigenvalue weighted by Gasteiger charge is 2.41.